The van der Waals surface area contributed by atoms with Crippen LogP contribution in [0.1, 0.15) is 59.3 Å². The molecule has 0 saturated carbocycles. The second-order valence-corrected chi connectivity index (χ2v) is 8.17. The number of rotatable bonds is 9. The van der Waals surface area contributed by atoms with Crippen LogP contribution in [0, 0.1) is 5.92 Å². The normalized spacial score (nSPS) is 12.2. The smallest absolute Gasteiger partial charge is 0.266 e. The lowest BCUT2D eigenvalue weighted by Crippen LogP contribution is -2.40. The van der Waals surface area contributed by atoms with E-state index in [0.29, 0.717) is 42.0 Å². The number of carbonyl (C=O) groups is 1. The average molecular weight is 436 g/mol. The summed E-state index contributed by atoms with van der Waals surface area (Å²) in [6.45, 7) is 11.0. The molecule has 32 heavy (non-hydrogen) atoms. The summed E-state index contributed by atoms with van der Waals surface area (Å²) in [5.41, 5.74) is 1.21. The van der Waals surface area contributed by atoms with Crippen LogP contribution in [-0.4, -0.2) is 33.5 Å². The topological polar surface area (TPSA) is 64.4 Å². The van der Waals surface area contributed by atoms with Crippen molar-refractivity contribution in [3.05, 3.63) is 64.7 Å². The Kier molecular flexibility index (Phi) is 7.67. The number of nitrogens with zero attached hydrogens (tertiary/aromatic N) is 3. The zero-order valence-electron chi connectivity index (χ0n) is 19.7. The van der Waals surface area contributed by atoms with Crippen molar-refractivity contribution in [2.45, 2.75) is 53.5 Å². The van der Waals surface area contributed by atoms with Gasteiger partial charge in [0, 0.05) is 12.5 Å². The molecule has 0 aliphatic carbocycles. The molecule has 0 saturated heterocycles. The fourth-order valence-corrected chi connectivity index (χ4v) is 4.02. The molecule has 1 aromatic heterocycles. The molecular weight excluding hydrogens is 402 g/mol. The van der Waals surface area contributed by atoms with Crippen molar-refractivity contribution in [3.63, 3.8) is 0 Å². The molecule has 0 bridgehead atoms. The van der Waals surface area contributed by atoms with E-state index in [-0.39, 0.29) is 23.4 Å². The maximum Gasteiger partial charge on any atom is 0.266 e. The van der Waals surface area contributed by atoms with E-state index in [1.165, 1.54) is 0 Å². The number of ether oxygens (including phenoxy) is 1. The van der Waals surface area contributed by atoms with Crippen molar-refractivity contribution in [2.24, 2.45) is 5.92 Å². The summed E-state index contributed by atoms with van der Waals surface area (Å²) in [7, 11) is 0. The maximum absolute atomic E-state index is 13.7. The molecule has 170 valence electrons. The number of hydrogen-bond acceptors (Lipinski definition) is 4. The Bertz CT molecular complexity index is 1120. The van der Waals surface area contributed by atoms with E-state index in [4.69, 9.17) is 9.72 Å². The summed E-state index contributed by atoms with van der Waals surface area (Å²) < 4.78 is 7.22. The average Bonchev–Trinajstić information content (AvgIpc) is 2.79. The highest BCUT2D eigenvalue weighted by Gasteiger charge is 2.29. The lowest BCUT2D eigenvalue weighted by atomic mass is 10.1. The lowest BCUT2D eigenvalue weighted by Gasteiger charge is -2.33. The fourth-order valence-electron chi connectivity index (χ4n) is 4.02. The Balaban J connectivity index is 2.27. The van der Waals surface area contributed by atoms with E-state index in [2.05, 4.69) is 6.92 Å². The molecule has 1 unspecified atom stereocenters. The molecule has 0 aliphatic heterocycles. The SMILES string of the molecule is CCCN(C(=O)C(C)C)C(CC)c1nc2ccccc2c(=O)n1-c1ccc(OCC)cc1. The molecular formula is C26H33N3O3. The van der Waals surface area contributed by atoms with Crippen LogP contribution < -0.4 is 10.3 Å². The van der Waals surface area contributed by atoms with Crippen LogP contribution in [0.5, 0.6) is 5.75 Å². The molecule has 0 radical (unpaired) electrons. The highest BCUT2D eigenvalue weighted by molar-refractivity contribution is 5.79. The Morgan fingerprint density at radius 2 is 1.75 bits per heavy atom. The van der Waals surface area contributed by atoms with Gasteiger partial charge in [-0.05, 0) is 56.2 Å². The molecule has 0 N–H and O–H groups in total. The van der Waals surface area contributed by atoms with Gasteiger partial charge in [0.1, 0.15) is 11.6 Å². The first-order valence-corrected chi connectivity index (χ1v) is 11.5. The third-order valence-corrected chi connectivity index (χ3v) is 5.51. The Morgan fingerprint density at radius 1 is 1.06 bits per heavy atom. The van der Waals surface area contributed by atoms with Gasteiger partial charge in [-0.1, -0.05) is 39.8 Å². The van der Waals surface area contributed by atoms with Crippen LogP contribution in [-0.2, 0) is 4.79 Å². The fraction of sp³-hybridized carbons (Fsp3) is 0.423. The molecule has 3 rings (SSSR count). The van der Waals surface area contributed by atoms with E-state index in [1.807, 2.05) is 75.1 Å². The molecule has 0 fully saturated rings. The zero-order valence-corrected chi connectivity index (χ0v) is 19.7. The number of amides is 1. The minimum atomic E-state index is -0.311. The number of carbonyl (C=O) groups excluding carboxylic acids is 1. The molecule has 2 aromatic carbocycles. The molecule has 1 atom stereocenters. The molecule has 1 amide bonds. The molecule has 6 heteroatoms. The largest absolute Gasteiger partial charge is 0.494 e. The predicted octanol–water partition coefficient (Wildman–Crippen LogP) is 5.13. The Morgan fingerprint density at radius 3 is 2.34 bits per heavy atom. The van der Waals surface area contributed by atoms with Crippen molar-refractivity contribution >= 4 is 16.8 Å². The van der Waals surface area contributed by atoms with Crippen molar-refractivity contribution in [1.29, 1.82) is 0 Å². The number of aromatic nitrogens is 2. The third-order valence-electron chi connectivity index (χ3n) is 5.51. The van der Waals surface area contributed by atoms with E-state index >= 15 is 0 Å². The van der Waals surface area contributed by atoms with Gasteiger partial charge in [-0.25, -0.2) is 4.98 Å². The van der Waals surface area contributed by atoms with Gasteiger partial charge in [0.25, 0.3) is 5.56 Å². The Labute approximate surface area is 189 Å². The van der Waals surface area contributed by atoms with Gasteiger partial charge in [-0.2, -0.15) is 0 Å². The standard InChI is InChI=1S/C26H33N3O3/c1-6-17-28(25(30)18(4)5)23(7-2)24-27-22-12-10-9-11-21(22)26(31)29(24)19-13-15-20(16-14-19)32-8-3/h9-16,18,23H,6-8,17H2,1-5H3. The van der Waals surface area contributed by atoms with E-state index < -0.39 is 0 Å². The molecule has 3 aromatic rings. The van der Waals surface area contributed by atoms with E-state index in [0.717, 1.165) is 12.2 Å². The summed E-state index contributed by atoms with van der Waals surface area (Å²) in [5, 5.41) is 0.553. The zero-order chi connectivity index (χ0) is 23.3. The number of benzene rings is 2. The summed E-state index contributed by atoms with van der Waals surface area (Å²) in [6.07, 6.45) is 1.48. The van der Waals surface area contributed by atoms with Crippen LogP contribution in [0.25, 0.3) is 16.6 Å². The van der Waals surface area contributed by atoms with Crippen molar-refractivity contribution in [2.75, 3.05) is 13.2 Å². The van der Waals surface area contributed by atoms with Gasteiger partial charge < -0.3 is 9.64 Å². The van der Waals surface area contributed by atoms with E-state index in [9.17, 15) is 9.59 Å². The van der Waals surface area contributed by atoms with Gasteiger partial charge in [0.2, 0.25) is 5.91 Å². The second kappa shape index (κ2) is 10.4. The molecule has 0 spiro atoms. The van der Waals surface area contributed by atoms with Gasteiger partial charge in [0.15, 0.2) is 0 Å². The second-order valence-electron chi connectivity index (χ2n) is 8.17. The molecule has 0 aliphatic rings. The summed E-state index contributed by atoms with van der Waals surface area (Å²) in [5.74, 6) is 1.26. The van der Waals surface area contributed by atoms with Gasteiger partial charge in [0.05, 0.1) is 29.2 Å². The maximum atomic E-state index is 13.7. The molecule has 6 nitrogen and oxygen atoms in total. The first-order valence-electron chi connectivity index (χ1n) is 11.5. The van der Waals surface area contributed by atoms with Gasteiger partial charge in [-0.15, -0.1) is 0 Å². The van der Waals surface area contributed by atoms with Crippen molar-refractivity contribution in [1.82, 2.24) is 14.5 Å². The number of para-hydroxylation sites is 1. The highest BCUT2D eigenvalue weighted by Crippen LogP contribution is 2.28. The highest BCUT2D eigenvalue weighted by atomic mass is 16.5. The van der Waals surface area contributed by atoms with Crippen LogP contribution in [0.2, 0.25) is 0 Å². The monoisotopic (exact) mass is 435 g/mol. The van der Waals surface area contributed by atoms with Crippen LogP contribution in [0.3, 0.4) is 0 Å². The lowest BCUT2D eigenvalue weighted by molar-refractivity contribution is -0.137. The molecule has 1 heterocycles. The first-order chi connectivity index (χ1) is 15.4. The quantitative estimate of drug-likeness (QED) is 0.467. The minimum Gasteiger partial charge on any atom is -0.494 e. The number of fused-ring (bicyclic) bond motifs is 1. The summed E-state index contributed by atoms with van der Waals surface area (Å²) in [4.78, 5) is 33.6. The summed E-state index contributed by atoms with van der Waals surface area (Å²) in [6, 6.07) is 14.5. The predicted molar refractivity (Wildman–Crippen MR) is 128 cm³/mol. The van der Waals surface area contributed by atoms with Gasteiger partial charge in [-0.3, -0.25) is 14.2 Å². The van der Waals surface area contributed by atoms with Crippen molar-refractivity contribution in [3.8, 4) is 11.4 Å². The third kappa shape index (κ3) is 4.69. The van der Waals surface area contributed by atoms with Gasteiger partial charge >= 0.3 is 0 Å². The van der Waals surface area contributed by atoms with E-state index in [1.54, 1.807) is 10.6 Å². The van der Waals surface area contributed by atoms with Crippen LogP contribution in [0.15, 0.2) is 53.3 Å². The Hall–Kier alpha value is -3.15. The van der Waals surface area contributed by atoms with Crippen LogP contribution >= 0.6 is 0 Å². The first kappa shape index (κ1) is 23.5. The van der Waals surface area contributed by atoms with Crippen LogP contribution in [0.4, 0.5) is 0 Å². The summed E-state index contributed by atoms with van der Waals surface area (Å²) >= 11 is 0. The number of hydrogen-bond donors (Lipinski definition) is 0. The minimum absolute atomic E-state index is 0.0688. The van der Waals surface area contributed by atoms with Crippen molar-refractivity contribution < 1.29 is 9.53 Å².